The predicted molar refractivity (Wildman–Crippen MR) is 65.8 cm³/mol. The van der Waals surface area contributed by atoms with E-state index >= 15 is 0 Å². The Labute approximate surface area is 102 Å². The van der Waals surface area contributed by atoms with E-state index in [0.29, 0.717) is 5.92 Å². The molecule has 1 aromatic rings. The van der Waals surface area contributed by atoms with Crippen molar-refractivity contribution in [3.8, 4) is 0 Å². The predicted octanol–water partition coefficient (Wildman–Crippen LogP) is 1.78. The van der Waals surface area contributed by atoms with Gasteiger partial charge in [-0.15, -0.1) is 0 Å². The fourth-order valence-electron chi connectivity index (χ4n) is 2.46. The molecule has 1 aliphatic heterocycles. The van der Waals surface area contributed by atoms with Crippen LogP contribution in [0.4, 0.5) is 4.39 Å². The minimum absolute atomic E-state index is 0.239. The molecular formula is C13H20FN3. The van der Waals surface area contributed by atoms with Crippen LogP contribution in [-0.2, 0) is 6.54 Å². The highest BCUT2D eigenvalue weighted by Crippen LogP contribution is 2.20. The molecule has 0 aromatic carbocycles. The molecule has 2 atom stereocenters. The van der Waals surface area contributed by atoms with Crippen molar-refractivity contribution in [2.24, 2.45) is 11.7 Å². The lowest BCUT2D eigenvalue weighted by atomic mass is 9.92. The van der Waals surface area contributed by atoms with Crippen molar-refractivity contribution >= 4 is 0 Å². The first-order valence-corrected chi connectivity index (χ1v) is 6.22. The van der Waals surface area contributed by atoms with Gasteiger partial charge in [-0.3, -0.25) is 9.88 Å². The maximum Gasteiger partial charge on any atom is 0.141 e. The van der Waals surface area contributed by atoms with Crippen LogP contribution < -0.4 is 5.73 Å². The lowest BCUT2D eigenvalue weighted by Gasteiger charge is -2.34. The molecule has 0 amide bonds. The number of rotatable bonds is 3. The second kappa shape index (κ2) is 5.56. The molecule has 1 aromatic heterocycles. The summed E-state index contributed by atoms with van der Waals surface area (Å²) in [6.45, 7) is 4.92. The van der Waals surface area contributed by atoms with E-state index in [1.54, 1.807) is 12.3 Å². The van der Waals surface area contributed by atoms with E-state index in [4.69, 9.17) is 5.73 Å². The molecule has 17 heavy (non-hydrogen) atoms. The summed E-state index contributed by atoms with van der Waals surface area (Å²) in [5.74, 6) is 0.300. The Morgan fingerprint density at radius 2 is 2.41 bits per heavy atom. The number of halogens is 1. The summed E-state index contributed by atoms with van der Waals surface area (Å²) in [4.78, 5) is 6.22. The lowest BCUT2D eigenvalue weighted by molar-refractivity contribution is 0.154. The Kier molecular flexibility index (Phi) is 4.07. The van der Waals surface area contributed by atoms with Crippen LogP contribution in [-0.4, -0.2) is 29.0 Å². The summed E-state index contributed by atoms with van der Waals surface area (Å²) in [5.41, 5.74) is 6.89. The molecular weight excluding hydrogens is 217 g/mol. The van der Waals surface area contributed by atoms with Crippen molar-refractivity contribution in [3.05, 3.63) is 29.8 Å². The van der Waals surface area contributed by atoms with Crippen LogP contribution in [0.15, 0.2) is 18.5 Å². The average molecular weight is 237 g/mol. The maximum absolute atomic E-state index is 13.0. The molecule has 0 bridgehead atoms. The largest absolute Gasteiger partial charge is 0.328 e. The normalized spacial score (nSPS) is 23.6. The standard InChI is InChI=1S/C13H20FN3/c1-10(15)12-3-2-4-17(9-12)8-11-5-13(14)7-16-6-11/h5-7,10,12H,2-4,8-9,15H2,1H3. The molecule has 0 aliphatic carbocycles. The molecule has 1 aliphatic rings. The van der Waals surface area contributed by atoms with Crippen LogP contribution >= 0.6 is 0 Å². The lowest BCUT2D eigenvalue weighted by Crippen LogP contribution is -2.41. The fourth-order valence-corrected chi connectivity index (χ4v) is 2.46. The summed E-state index contributed by atoms with van der Waals surface area (Å²) in [7, 11) is 0. The number of likely N-dealkylation sites (tertiary alicyclic amines) is 1. The smallest absolute Gasteiger partial charge is 0.141 e. The van der Waals surface area contributed by atoms with Crippen LogP contribution in [0.1, 0.15) is 25.3 Å². The van der Waals surface area contributed by atoms with Crippen molar-refractivity contribution in [2.45, 2.75) is 32.4 Å². The van der Waals surface area contributed by atoms with E-state index < -0.39 is 0 Å². The van der Waals surface area contributed by atoms with Gasteiger partial charge in [0.2, 0.25) is 0 Å². The van der Waals surface area contributed by atoms with Crippen molar-refractivity contribution in [1.29, 1.82) is 0 Å². The molecule has 2 heterocycles. The van der Waals surface area contributed by atoms with E-state index in [2.05, 4.69) is 16.8 Å². The summed E-state index contributed by atoms with van der Waals surface area (Å²) < 4.78 is 13.0. The second-order valence-corrected chi connectivity index (χ2v) is 5.01. The van der Waals surface area contributed by atoms with Crippen molar-refractivity contribution in [1.82, 2.24) is 9.88 Å². The Morgan fingerprint density at radius 1 is 1.59 bits per heavy atom. The van der Waals surface area contributed by atoms with Crippen molar-refractivity contribution in [3.63, 3.8) is 0 Å². The second-order valence-electron chi connectivity index (χ2n) is 5.01. The van der Waals surface area contributed by atoms with Gasteiger partial charge in [-0.1, -0.05) is 0 Å². The van der Waals surface area contributed by atoms with Gasteiger partial charge in [0.15, 0.2) is 0 Å². The molecule has 1 saturated heterocycles. The van der Waals surface area contributed by atoms with E-state index in [9.17, 15) is 4.39 Å². The number of piperidine rings is 1. The SMILES string of the molecule is CC(N)C1CCCN(Cc2cncc(F)c2)C1. The topological polar surface area (TPSA) is 42.1 Å². The van der Waals surface area contributed by atoms with Gasteiger partial charge in [-0.05, 0) is 43.9 Å². The number of nitrogens with two attached hydrogens (primary N) is 1. The molecule has 0 saturated carbocycles. The quantitative estimate of drug-likeness (QED) is 0.871. The zero-order chi connectivity index (χ0) is 12.3. The number of aromatic nitrogens is 1. The Morgan fingerprint density at radius 3 is 3.12 bits per heavy atom. The summed E-state index contributed by atoms with van der Waals surface area (Å²) in [6, 6.07) is 1.80. The molecule has 0 spiro atoms. The summed E-state index contributed by atoms with van der Waals surface area (Å²) in [5, 5.41) is 0. The van der Waals surface area contributed by atoms with Gasteiger partial charge in [0.1, 0.15) is 5.82 Å². The van der Waals surface area contributed by atoms with Crippen molar-refractivity contribution in [2.75, 3.05) is 13.1 Å². The highest BCUT2D eigenvalue weighted by molar-refractivity contribution is 5.10. The summed E-state index contributed by atoms with van der Waals surface area (Å²) >= 11 is 0. The highest BCUT2D eigenvalue weighted by atomic mass is 19.1. The highest BCUT2D eigenvalue weighted by Gasteiger charge is 2.22. The fraction of sp³-hybridized carbons (Fsp3) is 0.615. The van der Waals surface area contributed by atoms with Gasteiger partial charge in [0.05, 0.1) is 6.20 Å². The average Bonchev–Trinajstić information content (AvgIpc) is 2.29. The van der Waals surface area contributed by atoms with E-state index in [1.165, 1.54) is 19.0 Å². The zero-order valence-corrected chi connectivity index (χ0v) is 10.3. The maximum atomic E-state index is 13.0. The van der Waals surface area contributed by atoms with Crippen molar-refractivity contribution < 1.29 is 4.39 Å². The van der Waals surface area contributed by atoms with Gasteiger partial charge in [-0.2, -0.15) is 0 Å². The monoisotopic (exact) mass is 237 g/mol. The Hall–Kier alpha value is -1.00. The van der Waals surface area contributed by atoms with E-state index in [-0.39, 0.29) is 11.9 Å². The van der Waals surface area contributed by atoms with Gasteiger partial charge in [0, 0.05) is 25.3 Å². The number of pyridine rings is 1. The molecule has 2 N–H and O–H groups in total. The molecule has 2 unspecified atom stereocenters. The van der Waals surface area contributed by atoms with Crippen LogP contribution in [0.3, 0.4) is 0 Å². The van der Waals surface area contributed by atoms with E-state index in [1.807, 2.05) is 0 Å². The third-order valence-electron chi connectivity index (χ3n) is 3.45. The van der Waals surface area contributed by atoms with Gasteiger partial charge in [-0.25, -0.2) is 4.39 Å². The zero-order valence-electron chi connectivity index (χ0n) is 10.3. The summed E-state index contributed by atoms with van der Waals surface area (Å²) in [6.07, 6.45) is 5.35. The minimum Gasteiger partial charge on any atom is -0.328 e. The molecule has 1 fully saturated rings. The first kappa shape index (κ1) is 12.5. The number of nitrogens with zero attached hydrogens (tertiary/aromatic N) is 2. The minimum atomic E-state index is -0.261. The Balaban J connectivity index is 1.94. The first-order valence-electron chi connectivity index (χ1n) is 6.22. The van der Waals surface area contributed by atoms with Gasteiger partial charge >= 0.3 is 0 Å². The molecule has 3 nitrogen and oxygen atoms in total. The third-order valence-corrected chi connectivity index (χ3v) is 3.45. The molecule has 0 radical (unpaired) electrons. The number of hydrogen-bond acceptors (Lipinski definition) is 3. The number of hydrogen-bond donors (Lipinski definition) is 1. The molecule has 2 rings (SSSR count). The molecule has 4 heteroatoms. The van der Waals surface area contributed by atoms with Gasteiger partial charge in [0.25, 0.3) is 0 Å². The Bertz CT molecular complexity index is 367. The van der Waals surface area contributed by atoms with Crippen LogP contribution in [0.2, 0.25) is 0 Å². The van der Waals surface area contributed by atoms with Crippen LogP contribution in [0.25, 0.3) is 0 Å². The van der Waals surface area contributed by atoms with Gasteiger partial charge < -0.3 is 5.73 Å². The van der Waals surface area contributed by atoms with Crippen LogP contribution in [0.5, 0.6) is 0 Å². The first-order chi connectivity index (χ1) is 8.15. The molecule has 94 valence electrons. The van der Waals surface area contributed by atoms with E-state index in [0.717, 1.165) is 25.2 Å². The van der Waals surface area contributed by atoms with Crippen LogP contribution in [0, 0.1) is 11.7 Å². The third kappa shape index (κ3) is 3.48.